The van der Waals surface area contributed by atoms with Crippen LogP contribution in [0.3, 0.4) is 0 Å². The Kier molecular flexibility index (Phi) is 4.10. The molecule has 0 aliphatic carbocycles. The third-order valence-electron chi connectivity index (χ3n) is 5.30. The van der Waals surface area contributed by atoms with Crippen molar-refractivity contribution in [2.24, 2.45) is 7.05 Å². The molecule has 0 atom stereocenters. The van der Waals surface area contributed by atoms with Gasteiger partial charge in [-0.15, -0.1) is 0 Å². The zero-order valence-electron chi connectivity index (χ0n) is 15.3. The SMILES string of the molecule is Cc1cc(C(=O)N(C)C2CCN(c3ncnc4[nH]ccc34)CC2)nn1C. The molecule has 4 heterocycles. The molecule has 3 aromatic rings. The van der Waals surface area contributed by atoms with Crippen LogP contribution >= 0.6 is 0 Å². The van der Waals surface area contributed by atoms with Crippen LogP contribution in [0, 0.1) is 6.92 Å². The van der Waals surface area contributed by atoms with Gasteiger partial charge in [-0.2, -0.15) is 5.10 Å². The number of fused-ring (bicyclic) bond motifs is 1. The van der Waals surface area contributed by atoms with E-state index >= 15 is 0 Å². The molecule has 3 aromatic heterocycles. The highest BCUT2D eigenvalue weighted by atomic mass is 16.2. The second-order valence-corrected chi connectivity index (χ2v) is 6.87. The Bertz CT molecular complexity index is 917. The standard InChI is InChI=1S/C18H23N7O/c1-12-10-15(22-24(12)3)18(26)23(2)13-5-8-25(9-6-13)17-14-4-7-19-16(14)20-11-21-17/h4,7,10-11,13H,5-6,8-9H2,1-3H3,(H,19,20,21). The molecular formula is C18H23N7O. The number of amides is 1. The van der Waals surface area contributed by atoms with E-state index in [2.05, 4.69) is 25.0 Å². The molecule has 0 unspecified atom stereocenters. The minimum Gasteiger partial charge on any atom is -0.356 e. The first-order chi connectivity index (χ1) is 12.5. The van der Waals surface area contributed by atoms with E-state index in [0.717, 1.165) is 48.5 Å². The second kappa shape index (κ2) is 6.44. The fourth-order valence-electron chi connectivity index (χ4n) is 3.59. The number of nitrogens with one attached hydrogen (secondary N) is 1. The number of aromatic amines is 1. The molecular weight excluding hydrogens is 330 g/mol. The lowest BCUT2D eigenvalue weighted by Gasteiger charge is -2.37. The molecule has 1 aliphatic rings. The van der Waals surface area contributed by atoms with Crippen molar-refractivity contribution in [2.75, 3.05) is 25.0 Å². The number of aryl methyl sites for hydroxylation is 2. The normalized spacial score (nSPS) is 15.6. The lowest BCUT2D eigenvalue weighted by molar-refractivity contribution is 0.0702. The summed E-state index contributed by atoms with van der Waals surface area (Å²) >= 11 is 0. The molecule has 1 saturated heterocycles. The van der Waals surface area contributed by atoms with Gasteiger partial charge in [-0.3, -0.25) is 9.48 Å². The highest BCUT2D eigenvalue weighted by Crippen LogP contribution is 2.26. The van der Waals surface area contributed by atoms with E-state index in [1.807, 2.05) is 44.2 Å². The van der Waals surface area contributed by atoms with Gasteiger partial charge in [0.25, 0.3) is 5.91 Å². The topological polar surface area (TPSA) is 82.9 Å². The summed E-state index contributed by atoms with van der Waals surface area (Å²) in [6.45, 7) is 3.67. The Morgan fingerprint density at radius 3 is 2.77 bits per heavy atom. The summed E-state index contributed by atoms with van der Waals surface area (Å²) in [5.74, 6) is 0.950. The number of nitrogens with zero attached hydrogens (tertiary/aromatic N) is 6. The maximum absolute atomic E-state index is 12.7. The van der Waals surface area contributed by atoms with Crippen molar-refractivity contribution < 1.29 is 4.79 Å². The summed E-state index contributed by atoms with van der Waals surface area (Å²) in [5.41, 5.74) is 2.35. The zero-order chi connectivity index (χ0) is 18.3. The van der Waals surface area contributed by atoms with Crippen LogP contribution in [0.25, 0.3) is 11.0 Å². The maximum Gasteiger partial charge on any atom is 0.274 e. The minimum atomic E-state index is -0.0118. The van der Waals surface area contributed by atoms with Crippen LogP contribution in [0.5, 0.6) is 0 Å². The summed E-state index contributed by atoms with van der Waals surface area (Å²) in [6, 6.07) is 4.07. The number of anilines is 1. The first kappa shape index (κ1) is 16.6. The van der Waals surface area contributed by atoms with E-state index in [0.29, 0.717) is 5.69 Å². The van der Waals surface area contributed by atoms with Gasteiger partial charge in [0.2, 0.25) is 0 Å². The third-order valence-corrected chi connectivity index (χ3v) is 5.30. The van der Waals surface area contributed by atoms with Gasteiger partial charge in [0.1, 0.15) is 17.8 Å². The quantitative estimate of drug-likeness (QED) is 0.775. The molecule has 26 heavy (non-hydrogen) atoms. The molecule has 8 nitrogen and oxygen atoms in total. The van der Waals surface area contributed by atoms with Gasteiger partial charge in [0.05, 0.1) is 5.39 Å². The van der Waals surface area contributed by atoms with Crippen LogP contribution in [-0.4, -0.2) is 61.7 Å². The molecule has 0 aromatic carbocycles. The van der Waals surface area contributed by atoms with Crippen LogP contribution in [0.1, 0.15) is 29.0 Å². The molecule has 8 heteroatoms. The van der Waals surface area contributed by atoms with Gasteiger partial charge >= 0.3 is 0 Å². The van der Waals surface area contributed by atoms with Crippen molar-refractivity contribution in [1.29, 1.82) is 0 Å². The fourth-order valence-corrected chi connectivity index (χ4v) is 3.59. The summed E-state index contributed by atoms with van der Waals surface area (Å²) in [7, 11) is 3.73. The molecule has 0 bridgehead atoms. The van der Waals surface area contributed by atoms with Crippen molar-refractivity contribution >= 4 is 22.8 Å². The average molecular weight is 353 g/mol. The number of H-pyrrole nitrogens is 1. The van der Waals surface area contributed by atoms with E-state index in [-0.39, 0.29) is 11.9 Å². The summed E-state index contributed by atoms with van der Waals surface area (Å²) in [5, 5.41) is 5.35. The first-order valence-corrected chi connectivity index (χ1v) is 8.85. The lowest BCUT2D eigenvalue weighted by atomic mass is 10.0. The van der Waals surface area contributed by atoms with Crippen LogP contribution < -0.4 is 4.90 Å². The number of hydrogen-bond donors (Lipinski definition) is 1. The fraction of sp³-hybridized carbons (Fsp3) is 0.444. The first-order valence-electron chi connectivity index (χ1n) is 8.85. The van der Waals surface area contributed by atoms with Gasteiger partial charge in [-0.05, 0) is 31.9 Å². The van der Waals surface area contributed by atoms with Gasteiger partial charge in [-0.25, -0.2) is 9.97 Å². The van der Waals surface area contributed by atoms with Gasteiger partial charge < -0.3 is 14.8 Å². The number of carbonyl (C=O) groups excluding carboxylic acids is 1. The summed E-state index contributed by atoms with van der Waals surface area (Å²) in [6.07, 6.45) is 5.30. The van der Waals surface area contributed by atoms with Crippen molar-refractivity contribution in [3.05, 3.63) is 36.0 Å². The zero-order valence-corrected chi connectivity index (χ0v) is 15.3. The molecule has 0 saturated carbocycles. The number of aromatic nitrogens is 5. The van der Waals surface area contributed by atoms with Crippen LogP contribution in [-0.2, 0) is 7.05 Å². The number of hydrogen-bond acceptors (Lipinski definition) is 5. The molecule has 0 spiro atoms. The smallest absolute Gasteiger partial charge is 0.274 e. The molecule has 0 radical (unpaired) electrons. The minimum absolute atomic E-state index is 0.0118. The van der Waals surface area contributed by atoms with E-state index in [1.165, 1.54) is 0 Å². The third kappa shape index (κ3) is 2.81. The van der Waals surface area contributed by atoms with Crippen molar-refractivity contribution in [3.8, 4) is 0 Å². The Labute approximate surface area is 151 Å². The van der Waals surface area contributed by atoms with Crippen LogP contribution in [0.2, 0.25) is 0 Å². The highest BCUT2D eigenvalue weighted by Gasteiger charge is 2.28. The summed E-state index contributed by atoms with van der Waals surface area (Å²) in [4.78, 5) is 28.7. The van der Waals surface area contributed by atoms with Gasteiger partial charge in [0, 0.05) is 45.1 Å². The van der Waals surface area contributed by atoms with Crippen molar-refractivity contribution in [3.63, 3.8) is 0 Å². The molecule has 1 aliphatic heterocycles. The number of rotatable bonds is 3. The van der Waals surface area contributed by atoms with Crippen LogP contribution in [0.15, 0.2) is 24.7 Å². The predicted octanol–water partition coefficient (Wildman–Crippen LogP) is 1.74. The van der Waals surface area contributed by atoms with Crippen LogP contribution in [0.4, 0.5) is 5.82 Å². The lowest BCUT2D eigenvalue weighted by Crippen LogP contribution is -2.46. The molecule has 1 fully saturated rings. The molecule has 136 valence electrons. The highest BCUT2D eigenvalue weighted by molar-refractivity contribution is 5.92. The predicted molar refractivity (Wildman–Crippen MR) is 99.2 cm³/mol. The average Bonchev–Trinajstić information content (AvgIpc) is 3.27. The molecule has 1 N–H and O–H groups in total. The van der Waals surface area contributed by atoms with E-state index < -0.39 is 0 Å². The number of carbonyl (C=O) groups is 1. The summed E-state index contributed by atoms with van der Waals surface area (Å²) < 4.78 is 1.74. The Hall–Kier alpha value is -2.90. The Balaban J connectivity index is 1.44. The van der Waals surface area contributed by atoms with Gasteiger partial charge in [0.15, 0.2) is 5.69 Å². The second-order valence-electron chi connectivity index (χ2n) is 6.87. The number of piperidine rings is 1. The van der Waals surface area contributed by atoms with Gasteiger partial charge in [-0.1, -0.05) is 0 Å². The van der Waals surface area contributed by atoms with E-state index in [4.69, 9.17) is 0 Å². The van der Waals surface area contributed by atoms with E-state index in [1.54, 1.807) is 11.0 Å². The van der Waals surface area contributed by atoms with Crippen molar-refractivity contribution in [2.45, 2.75) is 25.8 Å². The Morgan fingerprint density at radius 2 is 2.08 bits per heavy atom. The van der Waals surface area contributed by atoms with E-state index in [9.17, 15) is 4.79 Å². The largest absolute Gasteiger partial charge is 0.356 e. The monoisotopic (exact) mass is 353 g/mol. The molecule has 4 rings (SSSR count). The maximum atomic E-state index is 12.7. The van der Waals surface area contributed by atoms with Crippen molar-refractivity contribution in [1.82, 2.24) is 29.6 Å². The Morgan fingerprint density at radius 1 is 1.31 bits per heavy atom. The molecule has 1 amide bonds.